The van der Waals surface area contributed by atoms with Gasteiger partial charge in [0.15, 0.2) is 0 Å². The van der Waals surface area contributed by atoms with E-state index in [9.17, 15) is 0 Å². The molecule has 0 fully saturated rings. The molecule has 0 amide bonds. The molecule has 0 spiro atoms. The van der Waals surface area contributed by atoms with Crippen molar-refractivity contribution in [2.45, 2.75) is 124 Å². The minimum atomic E-state index is -0.302. The summed E-state index contributed by atoms with van der Waals surface area (Å²) < 4.78 is 0. The summed E-state index contributed by atoms with van der Waals surface area (Å²) in [7, 11) is 0. The van der Waals surface area contributed by atoms with Crippen molar-refractivity contribution in [2.24, 2.45) is 0 Å². The summed E-state index contributed by atoms with van der Waals surface area (Å²) in [6, 6.07) is 79.6. The molecule has 2 aliphatic heterocycles. The summed E-state index contributed by atoms with van der Waals surface area (Å²) in [5.74, 6) is 0. The fourth-order valence-corrected chi connectivity index (χ4v) is 13.6. The highest BCUT2D eigenvalue weighted by atomic mass is 15.2. The molecule has 4 heteroatoms. The van der Waals surface area contributed by atoms with E-state index >= 15 is 0 Å². The van der Waals surface area contributed by atoms with Crippen molar-refractivity contribution >= 4 is 74.0 Å². The topological polar surface area (TPSA) is 9.72 Å². The van der Waals surface area contributed by atoms with E-state index in [4.69, 9.17) is 0 Å². The first-order chi connectivity index (χ1) is 38.5. The molecule has 402 valence electrons. The Kier molecular flexibility index (Phi) is 11.9. The molecular weight excluding hydrogens is 978 g/mol. The SMILES string of the molecule is CC(C)(C)c1ccc(N2B3c4cc(N(c5cccc(C(C)(C)C)c5)c5cccc(C(C)(C)C)c5)ccc4N(c4ccc(C(C)(C)C)cc4-c4ccccc4)c4cc5ccccc5c(c43)-c3ccc4c(c32)C(C)(C)c2ccccc2-4)cc1. The first-order valence-electron chi connectivity index (χ1n) is 29.4. The van der Waals surface area contributed by atoms with Gasteiger partial charge in [-0.3, -0.25) is 0 Å². The standard InChI is InChI=1S/C77H76BN3/c1-73(2,3)51-34-37-55(38-35-51)81-72-62(41-40-61-60-32-20-21-33-64(60)77(13,14)70(61)72)69-59-31-19-18-26-50(59)44-68-71(69)78(81)65-48-58(79(56-29-22-27-52(45-56)74(4,5)6)57-30-23-28-53(46-57)75(7,8)9)39-43-67(65)80(68)66-42-36-54(76(10,11)12)47-63(66)49-24-16-15-17-25-49/h15-48H,1-14H3. The number of fused-ring (bicyclic) bond motifs is 10. The maximum Gasteiger partial charge on any atom is 0.333 e. The normalized spacial score (nSPS) is 14.3. The minimum Gasteiger partial charge on any atom is -0.376 e. The van der Waals surface area contributed by atoms with Crippen LogP contribution in [0.25, 0.3) is 44.2 Å². The highest BCUT2D eigenvalue weighted by Crippen LogP contribution is 2.59. The Labute approximate surface area is 483 Å². The van der Waals surface area contributed by atoms with Crippen LogP contribution in [0.3, 0.4) is 0 Å². The maximum atomic E-state index is 2.78. The largest absolute Gasteiger partial charge is 0.376 e. The fourth-order valence-electron chi connectivity index (χ4n) is 13.6. The minimum absolute atomic E-state index is 0.0220. The van der Waals surface area contributed by atoms with Gasteiger partial charge in [0.05, 0.1) is 5.69 Å². The Hall–Kier alpha value is -8.08. The van der Waals surface area contributed by atoms with E-state index in [2.05, 4.69) is 318 Å². The smallest absolute Gasteiger partial charge is 0.333 e. The van der Waals surface area contributed by atoms with E-state index in [1.54, 1.807) is 0 Å². The van der Waals surface area contributed by atoms with Crippen LogP contribution < -0.4 is 25.5 Å². The fraction of sp³-hybridized carbons (Fsp3) is 0.247. The third-order valence-electron chi connectivity index (χ3n) is 18.0. The predicted molar refractivity (Wildman–Crippen MR) is 350 cm³/mol. The zero-order valence-corrected chi connectivity index (χ0v) is 50.0. The lowest BCUT2D eigenvalue weighted by atomic mass is 9.42. The van der Waals surface area contributed by atoms with Crippen LogP contribution >= 0.6 is 0 Å². The summed E-state index contributed by atoms with van der Waals surface area (Å²) in [6.45, 7) is 32.5. The summed E-state index contributed by atoms with van der Waals surface area (Å²) in [4.78, 5) is 7.94. The second-order valence-electron chi connectivity index (χ2n) is 27.9. The van der Waals surface area contributed by atoms with E-state index in [-0.39, 0.29) is 33.9 Å². The van der Waals surface area contributed by atoms with Crippen LogP contribution in [-0.4, -0.2) is 6.85 Å². The highest BCUT2D eigenvalue weighted by molar-refractivity contribution is 6.94. The second-order valence-corrected chi connectivity index (χ2v) is 27.9. The summed E-state index contributed by atoms with van der Waals surface area (Å²) in [5.41, 5.74) is 27.0. The molecule has 0 radical (unpaired) electrons. The molecule has 2 heterocycles. The van der Waals surface area contributed by atoms with Crippen LogP contribution in [0.1, 0.15) is 130 Å². The Bertz CT molecular complexity index is 4080. The van der Waals surface area contributed by atoms with Crippen molar-refractivity contribution in [3.63, 3.8) is 0 Å². The monoisotopic (exact) mass is 1050 g/mol. The molecule has 0 unspecified atom stereocenters. The molecule has 10 aromatic rings. The Morgan fingerprint density at radius 1 is 0.407 bits per heavy atom. The average molecular weight is 1050 g/mol. The lowest BCUT2D eigenvalue weighted by Gasteiger charge is -2.48. The lowest BCUT2D eigenvalue weighted by Crippen LogP contribution is -2.62. The molecule has 0 N–H and O–H groups in total. The summed E-state index contributed by atoms with van der Waals surface area (Å²) in [5, 5.41) is 2.49. The number of hydrogen-bond donors (Lipinski definition) is 0. The van der Waals surface area contributed by atoms with Crippen LogP contribution in [0.15, 0.2) is 206 Å². The molecule has 13 rings (SSSR count). The molecule has 81 heavy (non-hydrogen) atoms. The molecule has 10 aromatic carbocycles. The van der Waals surface area contributed by atoms with Gasteiger partial charge in [-0.2, -0.15) is 0 Å². The Morgan fingerprint density at radius 2 is 0.963 bits per heavy atom. The number of hydrogen-bond acceptors (Lipinski definition) is 3. The quantitative estimate of drug-likeness (QED) is 0.154. The summed E-state index contributed by atoms with van der Waals surface area (Å²) in [6.07, 6.45) is 0. The predicted octanol–water partition coefficient (Wildman–Crippen LogP) is 20.2. The van der Waals surface area contributed by atoms with Gasteiger partial charge in [-0.25, -0.2) is 0 Å². The van der Waals surface area contributed by atoms with Gasteiger partial charge in [-0.1, -0.05) is 230 Å². The molecule has 0 saturated carbocycles. The average Bonchev–Trinajstić information content (AvgIpc) is 2.12. The van der Waals surface area contributed by atoms with Crippen LogP contribution in [-0.2, 0) is 27.1 Å². The molecule has 3 aliphatic rings. The third-order valence-corrected chi connectivity index (χ3v) is 18.0. The highest BCUT2D eigenvalue weighted by Gasteiger charge is 2.50. The maximum absolute atomic E-state index is 2.78. The van der Waals surface area contributed by atoms with Crippen molar-refractivity contribution < 1.29 is 0 Å². The lowest BCUT2D eigenvalue weighted by molar-refractivity contribution is 0.590. The Morgan fingerprint density at radius 3 is 1.62 bits per heavy atom. The van der Waals surface area contributed by atoms with E-state index in [1.165, 1.54) is 111 Å². The van der Waals surface area contributed by atoms with Crippen molar-refractivity contribution in [3.8, 4) is 33.4 Å². The van der Waals surface area contributed by atoms with Crippen molar-refractivity contribution in [1.82, 2.24) is 0 Å². The van der Waals surface area contributed by atoms with Gasteiger partial charge in [-0.05, 0) is 172 Å². The van der Waals surface area contributed by atoms with E-state index in [1.807, 2.05) is 0 Å². The molecule has 0 aromatic heterocycles. The van der Waals surface area contributed by atoms with Gasteiger partial charge in [0.1, 0.15) is 0 Å². The zero-order valence-electron chi connectivity index (χ0n) is 50.0. The molecular formula is C77H76BN3. The number of rotatable bonds is 6. The van der Waals surface area contributed by atoms with Crippen LogP contribution in [0.5, 0.6) is 0 Å². The van der Waals surface area contributed by atoms with Crippen LogP contribution in [0.4, 0.5) is 45.5 Å². The van der Waals surface area contributed by atoms with Crippen molar-refractivity contribution in [1.29, 1.82) is 0 Å². The van der Waals surface area contributed by atoms with Gasteiger partial charge in [0.25, 0.3) is 0 Å². The number of benzene rings is 10. The first-order valence-corrected chi connectivity index (χ1v) is 29.4. The molecule has 0 saturated heterocycles. The molecule has 1 aliphatic carbocycles. The van der Waals surface area contributed by atoms with Gasteiger partial charge in [-0.15, -0.1) is 0 Å². The van der Waals surface area contributed by atoms with E-state index in [0.29, 0.717) is 0 Å². The number of anilines is 8. The van der Waals surface area contributed by atoms with Gasteiger partial charge < -0.3 is 14.6 Å². The molecule has 3 nitrogen and oxygen atoms in total. The molecule has 0 bridgehead atoms. The van der Waals surface area contributed by atoms with Gasteiger partial charge >= 0.3 is 6.85 Å². The van der Waals surface area contributed by atoms with Crippen LogP contribution in [0, 0.1) is 0 Å². The zero-order chi connectivity index (χ0) is 56.7. The van der Waals surface area contributed by atoms with Crippen LogP contribution in [0.2, 0.25) is 0 Å². The Balaban J connectivity index is 1.19. The molecule has 0 atom stereocenters. The van der Waals surface area contributed by atoms with Gasteiger partial charge in [0, 0.05) is 56.4 Å². The third kappa shape index (κ3) is 8.54. The van der Waals surface area contributed by atoms with E-state index < -0.39 is 0 Å². The van der Waals surface area contributed by atoms with Crippen molar-refractivity contribution in [3.05, 3.63) is 240 Å². The van der Waals surface area contributed by atoms with E-state index in [0.717, 1.165) is 22.7 Å². The number of nitrogens with zero attached hydrogens (tertiary/aromatic N) is 3. The first kappa shape index (κ1) is 52.3. The summed E-state index contributed by atoms with van der Waals surface area (Å²) >= 11 is 0. The van der Waals surface area contributed by atoms with Gasteiger partial charge in [0.2, 0.25) is 0 Å². The van der Waals surface area contributed by atoms with Crippen molar-refractivity contribution in [2.75, 3.05) is 14.6 Å². The second kappa shape index (κ2) is 18.5.